The van der Waals surface area contributed by atoms with Crippen molar-refractivity contribution in [3.8, 4) is 0 Å². The van der Waals surface area contributed by atoms with Gasteiger partial charge in [-0.25, -0.2) is 13.2 Å². The van der Waals surface area contributed by atoms with Crippen LogP contribution in [0.4, 0.5) is 0 Å². The normalized spacial score (nSPS) is 24.2. The lowest BCUT2D eigenvalue weighted by Gasteiger charge is -2.34. The maximum absolute atomic E-state index is 11.9. The fourth-order valence-electron chi connectivity index (χ4n) is 1.95. The summed E-state index contributed by atoms with van der Waals surface area (Å²) in [5, 5.41) is 8.89. The number of hydrogen-bond donors (Lipinski definition) is 1. The first-order valence-electron chi connectivity index (χ1n) is 6.11. The molecule has 0 saturated carbocycles. The maximum atomic E-state index is 11.9. The number of hydrogen-bond acceptors (Lipinski definition) is 5. The first-order chi connectivity index (χ1) is 8.75. The highest BCUT2D eigenvalue weighted by Gasteiger charge is 2.33. The van der Waals surface area contributed by atoms with Gasteiger partial charge in [-0.15, -0.1) is 0 Å². The molecule has 7 nitrogen and oxygen atoms in total. The predicted octanol–water partition coefficient (Wildman–Crippen LogP) is -0.488. The highest BCUT2D eigenvalue weighted by molar-refractivity contribution is 7.92. The number of nitrogens with zero attached hydrogens (tertiary/aromatic N) is 1. The molecule has 0 aliphatic carbocycles. The summed E-state index contributed by atoms with van der Waals surface area (Å²) in [6.07, 6.45) is -1.07. The first kappa shape index (κ1) is 15.9. The summed E-state index contributed by atoms with van der Waals surface area (Å²) in [5.74, 6) is -2.32. The molecule has 2 atom stereocenters. The summed E-state index contributed by atoms with van der Waals surface area (Å²) >= 11 is 0. The number of carboxylic acids is 1. The largest absolute Gasteiger partial charge is 0.479 e. The standard InChI is InChI=1S/C11H19NO6S/c1-3-4-19(16,17)7-10(13)12-5-8(2)18-9(6-12)11(14)15/h8-9H,3-7H2,1-2H3,(H,14,15)/t8-,9?/m1/s1. The summed E-state index contributed by atoms with van der Waals surface area (Å²) in [6, 6.07) is 0. The van der Waals surface area contributed by atoms with Crippen LogP contribution in [0.3, 0.4) is 0 Å². The lowest BCUT2D eigenvalue weighted by molar-refractivity contribution is -0.165. The van der Waals surface area contributed by atoms with Crippen molar-refractivity contribution >= 4 is 21.7 Å². The Labute approximate surface area is 112 Å². The van der Waals surface area contributed by atoms with Crippen LogP contribution in [0.15, 0.2) is 0 Å². The first-order valence-corrected chi connectivity index (χ1v) is 7.93. The average molecular weight is 293 g/mol. The van der Waals surface area contributed by atoms with E-state index in [1.807, 2.05) is 0 Å². The molecule has 0 spiro atoms. The van der Waals surface area contributed by atoms with Crippen LogP contribution < -0.4 is 0 Å². The SMILES string of the molecule is CCCS(=O)(=O)CC(=O)N1CC(C(=O)O)O[C@H](C)C1. The molecule has 0 aromatic rings. The highest BCUT2D eigenvalue weighted by Crippen LogP contribution is 2.12. The van der Waals surface area contributed by atoms with Gasteiger partial charge in [0.1, 0.15) is 5.75 Å². The number of aliphatic carboxylic acids is 1. The number of morpholine rings is 1. The number of carboxylic acid groups (broad SMARTS) is 1. The van der Waals surface area contributed by atoms with Crippen LogP contribution in [-0.4, -0.2) is 67.1 Å². The molecular weight excluding hydrogens is 274 g/mol. The van der Waals surface area contributed by atoms with E-state index in [1.165, 1.54) is 4.90 Å². The molecule has 1 amide bonds. The van der Waals surface area contributed by atoms with E-state index in [4.69, 9.17) is 9.84 Å². The van der Waals surface area contributed by atoms with Crippen LogP contribution in [0.2, 0.25) is 0 Å². The van der Waals surface area contributed by atoms with Gasteiger partial charge in [-0.2, -0.15) is 0 Å². The van der Waals surface area contributed by atoms with Crippen LogP contribution in [0.25, 0.3) is 0 Å². The molecule has 19 heavy (non-hydrogen) atoms. The Bertz CT molecular complexity index is 446. The van der Waals surface area contributed by atoms with E-state index in [2.05, 4.69) is 0 Å². The molecular formula is C11H19NO6S. The molecule has 8 heteroatoms. The minimum absolute atomic E-state index is 0.0407. The lowest BCUT2D eigenvalue weighted by Crippen LogP contribution is -2.53. The zero-order chi connectivity index (χ0) is 14.6. The van der Waals surface area contributed by atoms with Gasteiger partial charge < -0.3 is 14.7 Å². The van der Waals surface area contributed by atoms with Crippen molar-refractivity contribution in [1.29, 1.82) is 0 Å². The number of amides is 1. The fraction of sp³-hybridized carbons (Fsp3) is 0.818. The molecule has 1 rings (SSSR count). The molecule has 0 radical (unpaired) electrons. The van der Waals surface area contributed by atoms with Crippen LogP contribution >= 0.6 is 0 Å². The summed E-state index contributed by atoms with van der Waals surface area (Å²) in [7, 11) is -3.41. The van der Waals surface area contributed by atoms with Gasteiger partial charge in [0, 0.05) is 6.54 Å². The van der Waals surface area contributed by atoms with Crippen molar-refractivity contribution in [1.82, 2.24) is 4.90 Å². The van der Waals surface area contributed by atoms with Crippen molar-refractivity contribution in [2.45, 2.75) is 32.5 Å². The molecule has 1 heterocycles. The third-order valence-corrected chi connectivity index (χ3v) is 4.46. The Morgan fingerprint density at radius 1 is 1.37 bits per heavy atom. The molecule has 110 valence electrons. The number of carbonyl (C=O) groups excluding carboxylic acids is 1. The van der Waals surface area contributed by atoms with E-state index in [9.17, 15) is 18.0 Å². The van der Waals surface area contributed by atoms with Gasteiger partial charge in [0.25, 0.3) is 0 Å². The molecule has 0 aromatic carbocycles. The number of carbonyl (C=O) groups is 2. The number of rotatable bonds is 5. The van der Waals surface area contributed by atoms with E-state index in [0.29, 0.717) is 6.42 Å². The van der Waals surface area contributed by atoms with Crippen LogP contribution in [-0.2, 0) is 24.2 Å². The fourth-order valence-corrected chi connectivity index (χ4v) is 3.28. The average Bonchev–Trinajstić information content (AvgIpc) is 2.27. The van der Waals surface area contributed by atoms with Gasteiger partial charge in [0.15, 0.2) is 15.9 Å². The second kappa shape index (κ2) is 6.33. The minimum atomic E-state index is -3.41. The van der Waals surface area contributed by atoms with Gasteiger partial charge in [-0.3, -0.25) is 4.79 Å². The maximum Gasteiger partial charge on any atom is 0.334 e. The molecule has 1 aliphatic heterocycles. The highest BCUT2D eigenvalue weighted by atomic mass is 32.2. The summed E-state index contributed by atoms with van der Waals surface area (Å²) in [5.41, 5.74) is 0. The Balaban J connectivity index is 2.68. The van der Waals surface area contributed by atoms with Gasteiger partial charge >= 0.3 is 5.97 Å². The Morgan fingerprint density at radius 3 is 2.53 bits per heavy atom. The van der Waals surface area contributed by atoms with Crippen molar-refractivity contribution in [3.05, 3.63) is 0 Å². The van der Waals surface area contributed by atoms with Crippen molar-refractivity contribution in [3.63, 3.8) is 0 Å². The lowest BCUT2D eigenvalue weighted by atomic mass is 10.2. The predicted molar refractivity (Wildman–Crippen MR) is 67.5 cm³/mol. The van der Waals surface area contributed by atoms with Gasteiger partial charge in [-0.1, -0.05) is 6.92 Å². The number of ether oxygens (including phenoxy) is 1. The smallest absolute Gasteiger partial charge is 0.334 e. The van der Waals surface area contributed by atoms with E-state index in [0.717, 1.165) is 0 Å². The van der Waals surface area contributed by atoms with Gasteiger partial charge in [-0.05, 0) is 13.3 Å². The molecule has 1 aliphatic rings. The Kier molecular flexibility index (Phi) is 5.30. The van der Waals surface area contributed by atoms with Crippen LogP contribution in [0.1, 0.15) is 20.3 Å². The van der Waals surface area contributed by atoms with E-state index in [1.54, 1.807) is 13.8 Å². The zero-order valence-electron chi connectivity index (χ0n) is 11.0. The van der Waals surface area contributed by atoms with Crippen LogP contribution in [0, 0.1) is 0 Å². The molecule has 1 fully saturated rings. The quantitative estimate of drug-likeness (QED) is 0.734. The summed E-state index contributed by atoms with van der Waals surface area (Å²) in [6.45, 7) is 3.47. The van der Waals surface area contributed by atoms with Crippen molar-refractivity contribution < 1.29 is 27.9 Å². The van der Waals surface area contributed by atoms with E-state index >= 15 is 0 Å². The molecule has 1 unspecified atom stereocenters. The van der Waals surface area contributed by atoms with Crippen LogP contribution in [0.5, 0.6) is 0 Å². The number of sulfone groups is 1. The van der Waals surface area contributed by atoms with E-state index in [-0.39, 0.29) is 18.8 Å². The van der Waals surface area contributed by atoms with Gasteiger partial charge in [0.05, 0.1) is 18.4 Å². The third-order valence-electron chi connectivity index (χ3n) is 2.75. The second-order valence-corrected chi connectivity index (χ2v) is 6.85. The van der Waals surface area contributed by atoms with Gasteiger partial charge in [0.2, 0.25) is 5.91 Å². The molecule has 0 aromatic heterocycles. The third kappa shape index (κ3) is 4.79. The Morgan fingerprint density at radius 2 is 2.00 bits per heavy atom. The second-order valence-electron chi connectivity index (χ2n) is 4.66. The monoisotopic (exact) mass is 293 g/mol. The van der Waals surface area contributed by atoms with Crippen molar-refractivity contribution in [2.24, 2.45) is 0 Å². The van der Waals surface area contributed by atoms with E-state index < -0.39 is 39.7 Å². The molecule has 1 N–H and O–H groups in total. The minimum Gasteiger partial charge on any atom is -0.479 e. The zero-order valence-corrected chi connectivity index (χ0v) is 11.9. The summed E-state index contributed by atoms with van der Waals surface area (Å²) < 4.78 is 28.3. The van der Waals surface area contributed by atoms with Crippen molar-refractivity contribution in [2.75, 3.05) is 24.6 Å². The molecule has 0 bridgehead atoms. The topological polar surface area (TPSA) is 101 Å². The summed E-state index contributed by atoms with van der Waals surface area (Å²) in [4.78, 5) is 24.0. The Hall–Kier alpha value is -1.15. The molecule has 1 saturated heterocycles.